The average Bonchev–Trinajstić information content (AvgIpc) is 2.77. The fourth-order valence-corrected chi connectivity index (χ4v) is 4.94. The lowest BCUT2D eigenvalue weighted by atomic mass is 9.93. The number of carbonyl (C=O) groups excluding carboxylic acids is 2. The van der Waals surface area contributed by atoms with Crippen molar-refractivity contribution in [3.63, 3.8) is 0 Å². The third kappa shape index (κ3) is 4.28. The van der Waals surface area contributed by atoms with Crippen molar-refractivity contribution in [3.05, 3.63) is 73.4 Å². The number of hydrogen-bond acceptors (Lipinski definition) is 4. The van der Waals surface area contributed by atoms with Crippen LogP contribution in [-0.4, -0.2) is 41.8 Å². The second kappa shape index (κ2) is 9.03. The first-order chi connectivity index (χ1) is 15.7. The molecule has 2 amide bonds. The van der Waals surface area contributed by atoms with Gasteiger partial charge in [0, 0.05) is 35.2 Å². The highest BCUT2D eigenvalue weighted by Gasteiger charge is 2.29. The number of carbonyl (C=O) groups is 2. The van der Waals surface area contributed by atoms with Crippen LogP contribution in [-0.2, 0) is 11.2 Å². The van der Waals surface area contributed by atoms with Gasteiger partial charge >= 0.3 is 0 Å². The second-order valence-electron chi connectivity index (χ2n) is 7.82. The first kappa shape index (κ1) is 23.1. The lowest BCUT2D eigenvalue weighted by molar-refractivity contribution is -0.131. The summed E-state index contributed by atoms with van der Waals surface area (Å²) in [7, 11) is 1.46. The van der Waals surface area contributed by atoms with Gasteiger partial charge in [0.2, 0.25) is 5.91 Å². The van der Waals surface area contributed by atoms with Crippen molar-refractivity contribution in [2.24, 2.45) is 0 Å². The number of fused-ring (bicyclic) bond motifs is 2. The molecule has 0 radical (unpaired) electrons. The van der Waals surface area contributed by atoms with Crippen LogP contribution in [0, 0.1) is 5.82 Å². The van der Waals surface area contributed by atoms with E-state index in [0.29, 0.717) is 23.0 Å². The van der Waals surface area contributed by atoms with Crippen molar-refractivity contribution >= 4 is 51.5 Å². The van der Waals surface area contributed by atoms with Crippen molar-refractivity contribution in [2.45, 2.75) is 19.4 Å². The van der Waals surface area contributed by atoms with E-state index in [-0.39, 0.29) is 40.5 Å². The third-order valence-electron chi connectivity index (χ3n) is 5.90. The Morgan fingerprint density at radius 1 is 1.21 bits per heavy atom. The molecule has 1 atom stereocenters. The molecule has 1 aliphatic rings. The number of aromatic nitrogens is 1. The van der Waals surface area contributed by atoms with E-state index in [0.717, 1.165) is 17.2 Å². The number of hydrogen-bond donors (Lipinski definition) is 3. The SMILES string of the molecule is CNC(=O)c1c[nH]c(=O)c2cc(F)c(NCC(=O)N3CCc4cc(Cl)cc(Cl)c4C3C)cc12. The van der Waals surface area contributed by atoms with Gasteiger partial charge in [0.25, 0.3) is 11.5 Å². The lowest BCUT2D eigenvalue weighted by Gasteiger charge is -2.36. The van der Waals surface area contributed by atoms with Gasteiger partial charge in [0.15, 0.2) is 0 Å². The molecule has 1 aliphatic heterocycles. The Hall–Kier alpha value is -3.10. The summed E-state index contributed by atoms with van der Waals surface area (Å²) in [5.74, 6) is -1.37. The van der Waals surface area contributed by atoms with Crippen LogP contribution in [0.2, 0.25) is 10.0 Å². The molecule has 3 aromatic rings. The molecule has 33 heavy (non-hydrogen) atoms. The van der Waals surface area contributed by atoms with Crippen molar-refractivity contribution in [1.29, 1.82) is 0 Å². The van der Waals surface area contributed by atoms with Crippen molar-refractivity contribution in [3.8, 4) is 0 Å². The van der Waals surface area contributed by atoms with E-state index in [9.17, 15) is 18.8 Å². The monoisotopic (exact) mass is 490 g/mol. The zero-order chi connectivity index (χ0) is 23.9. The van der Waals surface area contributed by atoms with Gasteiger partial charge in [-0.05, 0) is 48.7 Å². The zero-order valence-corrected chi connectivity index (χ0v) is 19.4. The molecule has 3 N–H and O–H groups in total. The van der Waals surface area contributed by atoms with Crippen LogP contribution in [0.25, 0.3) is 10.8 Å². The quantitative estimate of drug-likeness (QED) is 0.516. The summed E-state index contributed by atoms with van der Waals surface area (Å²) in [6.45, 7) is 2.18. The van der Waals surface area contributed by atoms with Gasteiger partial charge < -0.3 is 20.5 Å². The standard InChI is InChI=1S/C23H21Cl2FN4O3/c1-11-21-12(5-13(24)6-17(21)25)3-4-30(11)20(31)10-28-19-8-14-15(7-18(19)26)23(33)29-9-16(14)22(32)27-2/h5-9,11,28H,3-4,10H2,1-2H3,(H,27,32)(H,29,33). The Bertz CT molecular complexity index is 1340. The summed E-state index contributed by atoms with van der Waals surface area (Å²) in [5, 5.41) is 6.67. The number of halogens is 3. The molecule has 0 bridgehead atoms. The van der Waals surface area contributed by atoms with E-state index in [1.54, 1.807) is 11.0 Å². The van der Waals surface area contributed by atoms with Crippen molar-refractivity contribution in [2.75, 3.05) is 25.5 Å². The maximum atomic E-state index is 14.7. The predicted octanol–water partition coefficient (Wildman–Crippen LogP) is 3.89. The first-order valence-electron chi connectivity index (χ1n) is 10.3. The van der Waals surface area contributed by atoms with Gasteiger partial charge in [0.1, 0.15) is 5.82 Å². The van der Waals surface area contributed by atoms with Crippen LogP contribution in [0.3, 0.4) is 0 Å². The number of pyridine rings is 1. The minimum atomic E-state index is -0.704. The Balaban J connectivity index is 1.58. The van der Waals surface area contributed by atoms with Crippen LogP contribution in [0.5, 0.6) is 0 Å². The smallest absolute Gasteiger partial charge is 0.255 e. The molecule has 0 aliphatic carbocycles. The number of rotatable bonds is 4. The fourth-order valence-electron chi connectivity index (χ4n) is 4.25. The molecule has 2 aromatic carbocycles. The Morgan fingerprint density at radius 3 is 2.70 bits per heavy atom. The molecule has 172 valence electrons. The molecule has 10 heteroatoms. The van der Waals surface area contributed by atoms with E-state index in [1.807, 2.05) is 13.0 Å². The maximum absolute atomic E-state index is 14.7. The fraction of sp³-hybridized carbons (Fsp3) is 0.261. The minimum absolute atomic E-state index is 0.0153. The number of nitrogens with one attached hydrogen (secondary N) is 3. The van der Waals surface area contributed by atoms with E-state index in [4.69, 9.17) is 23.2 Å². The van der Waals surface area contributed by atoms with E-state index in [2.05, 4.69) is 15.6 Å². The number of amides is 2. The van der Waals surface area contributed by atoms with E-state index < -0.39 is 17.3 Å². The number of anilines is 1. The molecular formula is C23H21Cl2FN4O3. The number of H-pyrrole nitrogens is 1. The summed E-state index contributed by atoms with van der Waals surface area (Å²) in [5.41, 5.74) is 1.55. The molecule has 4 rings (SSSR count). The summed E-state index contributed by atoms with van der Waals surface area (Å²) in [6, 6.07) is 5.66. The largest absolute Gasteiger partial charge is 0.374 e. The average molecular weight is 491 g/mol. The molecule has 1 aromatic heterocycles. The topological polar surface area (TPSA) is 94.3 Å². The summed E-state index contributed by atoms with van der Waals surface area (Å²) >= 11 is 12.5. The summed E-state index contributed by atoms with van der Waals surface area (Å²) in [4.78, 5) is 41.4. The Morgan fingerprint density at radius 2 is 1.97 bits per heavy atom. The van der Waals surface area contributed by atoms with Gasteiger partial charge in [-0.15, -0.1) is 0 Å². The zero-order valence-electron chi connectivity index (χ0n) is 17.9. The Labute approximate surface area is 198 Å². The van der Waals surface area contributed by atoms with Gasteiger partial charge in [-0.1, -0.05) is 23.2 Å². The minimum Gasteiger partial charge on any atom is -0.374 e. The number of nitrogens with zero attached hydrogens (tertiary/aromatic N) is 1. The normalized spacial score (nSPS) is 15.3. The third-order valence-corrected chi connectivity index (χ3v) is 6.43. The molecule has 1 unspecified atom stereocenters. The highest BCUT2D eigenvalue weighted by molar-refractivity contribution is 6.35. The van der Waals surface area contributed by atoms with Gasteiger partial charge in [-0.3, -0.25) is 14.4 Å². The molecule has 0 saturated heterocycles. The number of benzene rings is 2. The number of aromatic amines is 1. The summed E-state index contributed by atoms with van der Waals surface area (Å²) < 4.78 is 14.7. The molecule has 0 spiro atoms. The van der Waals surface area contributed by atoms with Crippen LogP contribution in [0.1, 0.15) is 34.5 Å². The van der Waals surface area contributed by atoms with Crippen LogP contribution in [0.15, 0.2) is 35.3 Å². The van der Waals surface area contributed by atoms with Crippen LogP contribution < -0.4 is 16.2 Å². The second-order valence-corrected chi connectivity index (χ2v) is 8.66. The highest BCUT2D eigenvalue weighted by atomic mass is 35.5. The molecule has 7 nitrogen and oxygen atoms in total. The van der Waals surface area contributed by atoms with Gasteiger partial charge in [-0.25, -0.2) is 4.39 Å². The lowest BCUT2D eigenvalue weighted by Crippen LogP contribution is -2.42. The van der Waals surface area contributed by atoms with E-state index in [1.165, 1.54) is 19.3 Å². The van der Waals surface area contributed by atoms with Crippen molar-refractivity contribution < 1.29 is 14.0 Å². The first-order valence-corrected chi connectivity index (χ1v) is 11.0. The molecule has 0 fully saturated rings. The van der Waals surface area contributed by atoms with Gasteiger partial charge in [-0.2, -0.15) is 0 Å². The Kier molecular flexibility index (Phi) is 6.32. The van der Waals surface area contributed by atoms with Crippen molar-refractivity contribution in [1.82, 2.24) is 15.2 Å². The van der Waals surface area contributed by atoms with E-state index >= 15 is 0 Å². The van der Waals surface area contributed by atoms with Crippen LogP contribution in [0.4, 0.5) is 10.1 Å². The molecular weight excluding hydrogens is 470 g/mol. The van der Waals surface area contributed by atoms with Gasteiger partial charge in [0.05, 0.1) is 29.2 Å². The predicted molar refractivity (Wildman–Crippen MR) is 127 cm³/mol. The highest BCUT2D eigenvalue weighted by Crippen LogP contribution is 2.37. The van der Waals surface area contributed by atoms with Crippen LogP contribution >= 0.6 is 23.2 Å². The summed E-state index contributed by atoms with van der Waals surface area (Å²) in [6.07, 6.45) is 1.88. The maximum Gasteiger partial charge on any atom is 0.255 e. The molecule has 2 heterocycles. The molecule has 0 saturated carbocycles.